The molecule has 2 rings (SSSR count). The lowest BCUT2D eigenvalue weighted by molar-refractivity contribution is -0.210. The van der Waals surface area contributed by atoms with Crippen molar-refractivity contribution in [2.24, 2.45) is 16.7 Å². The molecule has 0 aromatic heterocycles. The number of hydrogen-bond donors (Lipinski definition) is 0. The van der Waals surface area contributed by atoms with Crippen molar-refractivity contribution in [3.8, 4) is 0 Å². The van der Waals surface area contributed by atoms with E-state index in [0.29, 0.717) is 19.6 Å². The molecule has 3 nitrogen and oxygen atoms in total. The summed E-state index contributed by atoms with van der Waals surface area (Å²) < 4.78 is 11.8. The van der Waals surface area contributed by atoms with Crippen LogP contribution in [0.3, 0.4) is 0 Å². The molecule has 112 valence electrons. The van der Waals surface area contributed by atoms with Crippen LogP contribution in [-0.4, -0.2) is 25.3 Å². The Hall–Kier alpha value is -0.930. The first kappa shape index (κ1) is 15.5. The number of hydrogen-bond acceptors (Lipinski definition) is 3. The van der Waals surface area contributed by atoms with Gasteiger partial charge in [0, 0.05) is 11.8 Å². The summed E-state index contributed by atoms with van der Waals surface area (Å²) in [5.74, 6) is 0.317. The van der Waals surface area contributed by atoms with Gasteiger partial charge in [-0.2, -0.15) is 0 Å². The van der Waals surface area contributed by atoms with Crippen LogP contribution in [0.5, 0.6) is 0 Å². The van der Waals surface area contributed by atoms with Crippen molar-refractivity contribution in [2.45, 2.75) is 47.3 Å². The van der Waals surface area contributed by atoms with Gasteiger partial charge in [-0.3, -0.25) is 4.79 Å². The molecule has 20 heavy (non-hydrogen) atoms. The molecule has 1 aliphatic carbocycles. The first-order valence-electron chi connectivity index (χ1n) is 7.29. The van der Waals surface area contributed by atoms with Crippen molar-refractivity contribution in [2.75, 3.05) is 13.2 Å². The minimum atomic E-state index is -0.398. The van der Waals surface area contributed by atoms with Crippen LogP contribution in [0.4, 0.5) is 0 Å². The number of rotatable bonds is 2. The van der Waals surface area contributed by atoms with Gasteiger partial charge in [0.25, 0.3) is 0 Å². The second kappa shape index (κ2) is 5.12. The van der Waals surface area contributed by atoms with Crippen LogP contribution in [0, 0.1) is 16.7 Å². The summed E-state index contributed by atoms with van der Waals surface area (Å²) in [5, 5.41) is 0. The fourth-order valence-corrected chi connectivity index (χ4v) is 3.16. The third-order valence-electron chi connectivity index (χ3n) is 4.62. The van der Waals surface area contributed by atoms with Crippen LogP contribution in [0.15, 0.2) is 23.8 Å². The average molecular weight is 278 g/mol. The van der Waals surface area contributed by atoms with E-state index in [0.717, 1.165) is 11.1 Å². The van der Waals surface area contributed by atoms with Gasteiger partial charge in [0.1, 0.15) is 0 Å². The zero-order valence-corrected chi connectivity index (χ0v) is 13.3. The van der Waals surface area contributed by atoms with E-state index >= 15 is 0 Å². The lowest BCUT2D eigenvalue weighted by Crippen LogP contribution is -2.45. The Morgan fingerprint density at radius 1 is 1.20 bits per heavy atom. The van der Waals surface area contributed by atoms with Gasteiger partial charge in [-0.1, -0.05) is 33.8 Å². The fourth-order valence-electron chi connectivity index (χ4n) is 3.16. The highest BCUT2D eigenvalue weighted by molar-refractivity contribution is 5.97. The summed E-state index contributed by atoms with van der Waals surface area (Å²) in [6, 6.07) is 0. The molecule has 1 aliphatic heterocycles. The van der Waals surface area contributed by atoms with E-state index in [1.54, 1.807) is 0 Å². The van der Waals surface area contributed by atoms with Crippen molar-refractivity contribution >= 4 is 5.78 Å². The molecular formula is C17H26O3. The zero-order chi connectivity index (χ0) is 15.1. The summed E-state index contributed by atoms with van der Waals surface area (Å²) in [6.07, 6.45) is 2.02. The molecule has 1 heterocycles. The summed E-state index contributed by atoms with van der Waals surface area (Å²) in [6.45, 7) is 15.6. The highest BCUT2D eigenvalue weighted by Crippen LogP contribution is 2.47. The lowest BCUT2D eigenvalue weighted by atomic mass is 9.64. The minimum absolute atomic E-state index is 0.0334. The van der Waals surface area contributed by atoms with Gasteiger partial charge in [0.2, 0.25) is 0 Å². The molecule has 1 fully saturated rings. The van der Waals surface area contributed by atoms with Crippen molar-refractivity contribution in [1.29, 1.82) is 0 Å². The van der Waals surface area contributed by atoms with E-state index < -0.39 is 6.29 Å². The Morgan fingerprint density at radius 2 is 1.75 bits per heavy atom. The Kier molecular flexibility index (Phi) is 3.96. The minimum Gasteiger partial charge on any atom is -0.348 e. The third-order valence-corrected chi connectivity index (χ3v) is 4.62. The van der Waals surface area contributed by atoms with Crippen LogP contribution >= 0.6 is 0 Å². The monoisotopic (exact) mass is 278 g/mol. The highest BCUT2D eigenvalue weighted by atomic mass is 16.7. The van der Waals surface area contributed by atoms with E-state index in [2.05, 4.69) is 34.3 Å². The largest absolute Gasteiger partial charge is 0.348 e. The Labute approximate surface area is 122 Å². The quantitative estimate of drug-likeness (QED) is 0.725. The van der Waals surface area contributed by atoms with Gasteiger partial charge < -0.3 is 9.47 Å². The van der Waals surface area contributed by atoms with Crippen molar-refractivity contribution in [1.82, 2.24) is 0 Å². The third kappa shape index (κ3) is 2.61. The average Bonchev–Trinajstić information content (AvgIpc) is 2.35. The molecule has 2 aliphatic rings. The predicted octanol–water partition coefficient (Wildman–Crippen LogP) is 3.50. The topological polar surface area (TPSA) is 35.5 Å². The predicted molar refractivity (Wildman–Crippen MR) is 79.3 cm³/mol. The Morgan fingerprint density at radius 3 is 2.25 bits per heavy atom. The molecule has 1 atom stereocenters. The molecule has 3 heteroatoms. The highest BCUT2D eigenvalue weighted by Gasteiger charge is 2.45. The molecule has 0 spiro atoms. The summed E-state index contributed by atoms with van der Waals surface area (Å²) in [5.41, 5.74) is 1.67. The SMILES string of the molecule is C=CC1CC(=O)C(C)=C(C2OCC(C)(C)CO2)C1(C)C. The van der Waals surface area contributed by atoms with Crippen LogP contribution in [0.2, 0.25) is 0 Å². The molecule has 0 N–H and O–H groups in total. The van der Waals surface area contributed by atoms with Crippen LogP contribution < -0.4 is 0 Å². The van der Waals surface area contributed by atoms with E-state index in [-0.39, 0.29) is 22.5 Å². The molecular weight excluding hydrogens is 252 g/mol. The van der Waals surface area contributed by atoms with Crippen LogP contribution in [-0.2, 0) is 14.3 Å². The van der Waals surface area contributed by atoms with Gasteiger partial charge in [-0.05, 0) is 29.4 Å². The van der Waals surface area contributed by atoms with E-state index in [4.69, 9.17) is 9.47 Å². The molecule has 0 bridgehead atoms. The maximum absolute atomic E-state index is 12.2. The zero-order valence-electron chi connectivity index (χ0n) is 13.3. The molecule has 1 saturated heterocycles. The number of carbonyl (C=O) groups is 1. The number of Topliss-reactive ketones (excluding diaryl/α,β-unsaturated/α-hetero) is 1. The number of allylic oxidation sites excluding steroid dienone is 2. The normalized spacial score (nSPS) is 30.4. The van der Waals surface area contributed by atoms with Crippen molar-refractivity contribution in [3.05, 3.63) is 23.8 Å². The first-order valence-corrected chi connectivity index (χ1v) is 7.29. The maximum Gasteiger partial charge on any atom is 0.181 e. The van der Waals surface area contributed by atoms with Gasteiger partial charge in [0.15, 0.2) is 12.1 Å². The second-order valence-electron chi connectivity index (χ2n) is 7.35. The number of carbonyl (C=O) groups excluding carboxylic acids is 1. The van der Waals surface area contributed by atoms with Gasteiger partial charge in [0.05, 0.1) is 13.2 Å². The summed E-state index contributed by atoms with van der Waals surface area (Å²) >= 11 is 0. The Balaban J connectivity index is 2.34. The molecule has 0 aromatic rings. The molecule has 0 saturated carbocycles. The lowest BCUT2D eigenvalue weighted by Gasteiger charge is -2.45. The second-order valence-corrected chi connectivity index (χ2v) is 7.35. The molecule has 0 aromatic carbocycles. The molecule has 0 amide bonds. The first-order chi connectivity index (χ1) is 9.19. The van der Waals surface area contributed by atoms with Gasteiger partial charge in [-0.25, -0.2) is 0 Å². The smallest absolute Gasteiger partial charge is 0.181 e. The van der Waals surface area contributed by atoms with Crippen molar-refractivity contribution in [3.63, 3.8) is 0 Å². The van der Waals surface area contributed by atoms with E-state index in [1.165, 1.54) is 0 Å². The van der Waals surface area contributed by atoms with Crippen molar-refractivity contribution < 1.29 is 14.3 Å². The summed E-state index contributed by atoms with van der Waals surface area (Å²) in [4.78, 5) is 12.2. The maximum atomic E-state index is 12.2. The number of ether oxygens (including phenoxy) is 2. The summed E-state index contributed by atoms with van der Waals surface area (Å²) in [7, 11) is 0. The fraction of sp³-hybridized carbons (Fsp3) is 0.706. The number of ketones is 1. The van der Waals surface area contributed by atoms with Gasteiger partial charge >= 0.3 is 0 Å². The van der Waals surface area contributed by atoms with Gasteiger partial charge in [-0.15, -0.1) is 6.58 Å². The van der Waals surface area contributed by atoms with Crippen LogP contribution in [0.1, 0.15) is 41.0 Å². The van der Waals surface area contributed by atoms with E-state index in [9.17, 15) is 4.79 Å². The Bertz CT molecular complexity index is 447. The standard InChI is InChI=1S/C17H26O3/c1-7-12-8-13(18)11(2)14(17(12,5)6)15-19-9-16(3,4)10-20-15/h7,12,15H,1,8-10H2,2-6H3. The molecule has 1 unspecified atom stereocenters. The molecule has 0 radical (unpaired) electrons. The van der Waals surface area contributed by atoms with E-state index in [1.807, 2.05) is 13.0 Å². The van der Waals surface area contributed by atoms with Crippen LogP contribution in [0.25, 0.3) is 0 Å².